The van der Waals surface area contributed by atoms with Crippen molar-refractivity contribution in [3.05, 3.63) is 81.0 Å². The quantitative estimate of drug-likeness (QED) is 0.669. The molecule has 0 unspecified atom stereocenters. The lowest BCUT2D eigenvalue weighted by atomic mass is 10.2. The maximum atomic E-state index is 13.9. The number of nitrogens with one attached hydrogen (secondary N) is 1. The molecule has 0 aliphatic rings. The van der Waals surface area contributed by atoms with Crippen molar-refractivity contribution in [1.82, 2.24) is 9.78 Å². The Hall–Kier alpha value is -2.44. The SMILES string of the molecule is Cc1cnn(Cc2cc(F)ccc2F)c1NC(=O)c1ccc(Cl)c(Cl)c1. The standard InChI is InChI=1S/C18H13Cl2F2N3O/c1-10-8-23-25(9-12-6-13(21)3-5-16(12)22)17(10)24-18(26)11-2-4-14(19)15(20)7-11/h2-8H,9H2,1H3,(H,24,26). The van der Waals surface area contributed by atoms with Gasteiger partial charge in [0.2, 0.25) is 0 Å². The maximum Gasteiger partial charge on any atom is 0.256 e. The molecule has 3 aromatic rings. The first-order valence-corrected chi connectivity index (χ1v) is 8.33. The zero-order valence-electron chi connectivity index (χ0n) is 13.6. The fraction of sp³-hybridized carbons (Fsp3) is 0.111. The lowest BCUT2D eigenvalue weighted by molar-refractivity contribution is 0.102. The molecule has 1 heterocycles. The van der Waals surface area contributed by atoms with E-state index >= 15 is 0 Å². The fourth-order valence-electron chi connectivity index (χ4n) is 2.40. The van der Waals surface area contributed by atoms with Gasteiger partial charge in [-0.25, -0.2) is 13.5 Å². The van der Waals surface area contributed by atoms with Crippen LogP contribution < -0.4 is 5.32 Å². The molecule has 0 fully saturated rings. The molecule has 8 heteroatoms. The van der Waals surface area contributed by atoms with E-state index in [2.05, 4.69) is 10.4 Å². The first-order valence-electron chi connectivity index (χ1n) is 7.58. The molecule has 1 N–H and O–H groups in total. The van der Waals surface area contributed by atoms with Crippen LogP contribution in [0.3, 0.4) is 0 Å². The van der Waals surface area contributed by atoms with Crippen molar-refractivity contribution in [3.8, 4) is 0 Å². The lowest BCUT2D eigenvalue weighted by Gasteiger charge is -2.11. The van der Waals surface area contributed by atoms with Gasteiger partial charge >= 0.3 is 0 Å². The van der Waals surface area contributed by atoms with Crippen molar-refractivity contribution >= 4 is 34.9 Å². The van der Waals surface area contributed by atoms with Crippen molar-refractivity contribution < 1.29 is 13.6 Å². The minimum absolute atomic E-state index is 0.0333. The second kappa shape index (κ2) is 7.43. The van der Waals surface area contributed by atoms with Gasteiger partial charge in [0, 0.05) is 16.7 Å². The van der Waals surface area contributed by atoms with Gasteiger partial charge in [0.1, 0.15) is 17.5 Å². The average Bonchev–Trinajstić information content (AvgIpc) is 2.93. The molecular weight excluding hydrogens is 383 g/mol. The second-order valence-corrected chi connectivity index (χ2v) is 6.47. The number of hydrogen-bond donors (Lipinski definition) is 1. The summed E-state index contributed by atoms with van der Waals surface area (Å²) in [5.74, 6) is -1.15. The Labute approximate surface area is 158 Å². The number of anilines is 1. The fourth-order valence-corrected chi connectivity index (χ4v) is 2.70. The summed E-state index contributed by atoms with van der Waals surface area (Å²) < 4.78 is 28.6. The largest absolute Gasteiger partial charge is 0.307 e. The normalized spacial score (nSPS) is 10.8. The van der Waals surface area contributed by atoms with Crippen molar-refractivity contribution in [2.75, 3.05) is 5.32 Å². The van der Waals surface area contributed by atoms with Crippen LogP contribution in [-0.2, 0) is 6.54 Å². The average molecular weight is 396 g/mol. The van der Waals surface area contributed by atoms with Gasteiger partial charge < -0.3 is 5.32 Å². The van der Waals surface area contributed by atoms with Crippen LogP contribution in [0.5, 0.6) is 0 Å². The van der Waals surface area contributed by atoms with E-state index in [0.717, 1.165) is 18.2 Å². The highest BCUT2D eigenvalue weighted by Gasteiger charge is 2.15. The van der Waals surface area contributed by atoms with E-state index in [1.54, 1.807) is 6.92 Å². The van der Waals surface area contributed by atoms with Crippen LogP contribution >= 0.6 is 23.2 Å². The molecule has 0 saturated heterocycles. The molecule has 0 aliphatic carbocycles. The molecule has 1 aromatic heterocycles. The Bertz CT molecular complexity index is 989. The number of rotatable bonds is 4. The van der Waals surface area contributed by atoms with Crippen LogP contribution in [0.25, 0.3) is 0 Å². The smallest absolute Gasteiger partial charge is 0.256 e. The van der Waals surface area contributed by atoms with E-state index in [9.17, 15) is 13.6 Å². The third-order valence-electron chi connectivity index (χ3n) is 3.76. The van der Waals surface area contributed by atoms with Crippen molar-refractivity contribution in [1.29, 1.82) is 0 Å². The summed E-state index contributed by atoms with van der Waals surface area (Å²) in [7, 11) is 0. The van der Waals surface area contributed by atoms with Gasteiger partial charge in [-0.1, -0.05) is 23.2 Å². The number of hydrogen-bond acceptors (Lipinski definition) is 2. The highest BCUT2D eigenvalue weighted by molar-refractivity contribution is 6.42. The molecule has 0 spiro atoms. The topological polar surface area (TPSA) is 46.9 Å². The van der Waals surface area contributed by atoms with Crippen LogP contribution in [0.1, 0.15) is 21.5 Å². The summed E-state index contributed by atoms with van der Waals surface area (Å²) in [6, 6.07) is 7.68. The molecule has 0 saturated carbocycles. The molecule has 134 valence electrons. The van der Waals surface area contributed by atoms with Crippen molar-refractivity contribution in [2.45, 2.75) is 13.5 Å². The molecule has 2 aromatic carbocycles. The van der Waals surface area contributed by atoms with Gasteiger partial charge in [-0.05, 0) is 43.3 Å². The Morgan fingerprint density at radius 3 is 2.65 bits per heavy atom. The number of carbonyl (C=O) groups is 1. The van der Waals surface area contributed by atoms with Crippen molar-refractivity contribution in [3.63, 3.8) is 0 Å². The minimum atomic E-state index is -0.554. The third kappa shape index (κ3) is 3.86. The van der Waals surface area contributed by atoms with E-state index < -0.39 is 17.5 Å². The molecule has 3 rings (SSSR count). The van der Waals surface area contributed by atoms with Crippen LogP contribution in [0.15, 0.2) is 42.6 Å². The minimum Gasteiger partial charge on any atom is -0.307 e. The predicted octanol–water partition coefficient (Wildman–Crippen LogP) is 5.08. The summed E-state index contributed by atoms with van der Waals surface area (Å²) in [5, 5.41) is 7.44. The molecular formula is C18H13Cl2F2N3O. The number of nitrogens with zero attached hydrogens (tertiary/aromatic N) is 2. The highest BCUT2D eigenvalue weighted by Crippen LogP contribution is 2.24. The number of benzene rings is 2. The summed E-state index contributed by atoms with van der Waals surface area (Å²) in [6.45, 7) is 1.71. The lowest BCUT2D eigenvalue weighted by Crippen LogP contribution is -2.17. The molecule has 0 radical (unpaired) electrons. The summed E-state index contributed by atoms with van der Waals surface area (Å²) in [6.07, 6.45) is 1.53. The predicted molar refractivity (Wildman–Crippen MR) is 96.8 cm³/mol. The Kier molecular flexibility index (Phi) is 5.25. The molecule has 0 bridgehead atoms. The number of carbonyl (C=O) groups excluding carboxylic acids is 1. The first-order chi connectivity index (χ1) is 12.3. The first kappa shape index (κ1) is 18.4. The Balaban J connectivity index is 1.87. The Morgan fingerprint density at radius 2 is 1.92 bits per heavy atom. The van der Waals surface area contributed by atoms with Gasteiger partial charge in [0.05, 0.1) is 22.8 Å². The maximum absolute atomic E-state index is 13.9. The second-order valence-electron chi connectivity index (χ2n) is 5.65. The zero-order valence-corrected chi connectivity index (χ0v) is 15.1. The molecule has 0 atom stereocenters. The van der Waals surface area contributed by atoms with Gasteiger partial charge in [-0.3, -0.25) is 4.79 Å². The number of aromatic nitrogens is 2. The number of amides is 1. The number of aryl methyl sites for hydroxylation is 1. The third-order valence-corrected chi connectivity index (χ3v) is 4.50. The molecule has 4 nitrogen and oxygen atoms in total. The van der Waals surface area contributed by atoms with E-state index in [4.69, 9.17) is 23.2 Å². The van der Waals surface area contributed by atoms with Gasteiger partial charge in [-0.15, -0.1) is 0 Å². The van der Waals surface area contributed by atoms with Crippen LogP contribution in [0.2, 0.25) is 10.0 Å². The van der Waals surface area contributed by atoms with Gasteiger partial charge in [-0.2, -0.15) is 5.10 Å². The van der Waals surface area contributed by atoms with E-state index in [-0.39, 0.29) is 17.1 Å². The van der Waals surface area contributed by atoms with Gasteiger partial charge in [0.15, 0.2) is 0 Å². The van der Waals surface area contributed by atoms with E-state index in [1.807, 2.05) is 0 Å². The van der Waals surface area contributed by atoms with Crippen LogP contribution in [0, 0.1) is 18.6 Å². The summed E-state index contributed by atoms with van der Waals surface area (Å²) >= 11 is 11.8. The molecule has 26 heavy (non-hydrogen) atoms. The molecule has 0 aliphatic heterocycles. The summed E-state index contributed by atoms with van der Waals surface area (Å²) in [4.78, 5) is 12.5. The van der Waals surface area contributed by atoms with Crippen molar-refractivity contribution in [2.24, 2.45) is 0 Å². The van der Waals surface area contributed by atoms with E-state index in [1.165, 1.54) is 29.1 Å². The monoisotopic (exact) mass is 395 g/mol. The van der Waals surface area contributed by atoms with Gasteiger partial charge in [0.25, 0.3) is 5.91 Å². The zero-order chi connectivity index (χ0) is 18.8. The molecule has 1 amide bonds. The van der Waals surface area contributed by atoms with Crippen LogP contribution in [0.4, 0.5) is 14.6 Å². The Morgan fingerprint density at radius 1 is 1.15 bits per heavy atom. The van der Waals surface area contributed by atoms with Crippen LogP contribution in [-0.4, -0.2) is 15.7 Å². The summed E-state index contributed by atoms with van der Waals surface area (Å²) in [5.41, 5.74) is 1.11. The number of halogens is 4. The van der Waals surface area contributed by atoms with E-state index in [0.29, 0.717) is 22.0 Å². The highest BCUT2D eigenvalue weighted by atomic mass is 35.5.